The Morgan fingerprint density at radius 1 is 1.26 bits per heavy atom. The Hall–Kier alpha value is -1.70. The van der Waals surface area contributed by atoms with Crippen LogP contribution in [-0.4, -0.2) is 85.2 Å². The van der Waals surface area contributed by atoms with Crippen molar-refractivity contribution in [3.8, 4) is 0 Å². The topological polar surface area (TPSA) is 206 Å². The molecule has 3 aliphatic carbocycles. The van der Waals surface area contributed by atoms with Crippen LogP contribution in [0.25, 0.3) is 0 Å². The minimum atomic E-state index is -4.94. The van der Waals surface area contributed by atoms with Crippen LogP contribution in [0.15, 0.2) is 11.6 Å². The zero-order chi connectivity index (χ0) is 29.1. The lowest BCUT2D eigenvalue weighted by Gasteiger charge is -2.68. The maximum Gasteiger partial charge on any atom is 0.470 e. The van der Waals surface area contributed by atoms with Crippen molar-refractivity contribution < 1.29 is 62.8 Å². The zero-order valence-corrected chi connectivity index (χ0v) is 23.2. The molecule has 5 N–H and O–H groups in total. The number of ether oxygens (including phenoxy) is 3. The van der Waals surface area contributed by atoms with Gasteiger partial charge in [0.25, 0.3) is 0 Å². The number of carbonyl (C=O) groups is 3. The van der Waals surface area contributed by atoms with Crippen LogP contribution in [0, 0.1) is 34.5 Å². The lowest BCUT2D eigenvalue weighted by molar-refractivity contribution is -0.340. The third-order valence-corrected chi connectivity index (χ3v) is 10.6. The number of fused-ring (bicyclic) bond motifs is 1. The molecular formula is C25H35O13P. The van der Waals surface area contributed by atoms with Gasteiger partial charge in [0.05, 0.1) is 18.6 Å². The molecule has 14 heteroatoms. The number of aliphatic hydroxyl groups excluding tert-OH is 2. The zero-order valence-electron chi connectivity index (χ0n) is 22.3. The van der Waals surface area contributed by atoms with Crippen LogP contribution in [0.1, 0.15) is 47.5 Å². The van der Waals surface area contributed by atoms with Gasteiger partial charge in [-0.1, -0.05) is 19.4 Å². The van der Waals surface area contributed by atoms with E-state index in [1.165, 1.54) is 19.9 Å². The van der Waals surface area contributed by atoms with E-state index in [0.29, 0.717) is 5.57 Å². The predicted molar refractivity (Wildman–Crippen MR) is 128 cm³/mol. The Bertz CT molecular complexity index is 1190. The molecular weight excluding hydrogens is 539 g/mol. The van der Waals surface area contributed by atoms with Crippen molar-refractivity contribution >= 4 is 25.5 Å². The number of phosphoric ester groups is 1. The highest BCUT2D eigenvalue weighted by atomic mass is 31.2. The fourth-order valence-electron chi connectivity index (χ4n) is 8.62. The number of hydrogen-bond acceptors (Lipinski definition) is 11. The fourth-order valence-corrected chi connectivity index (χ4v) is 9.33. The van der Waals surface area contributed by atoms with Crippen molar-refractivity contribution in [3.05, 3.63) is 11.6 Å². The largest absolute Gasteiger partial charge is 0.470 e. The SMILES string of the molecule is CC1=CC(=O)[C@@H](O)[C@]2(C)[C@H]3[C@]4(O)OC[C@]35[C@H]([C@@H](C)[C@H]4O)[C@@H](OC(=O)CC(C)(C)OP(=O)(O)O)C(=O)O[C@@H]5C[C@@H]12. The summed E-state index contributed by atoms with van der Waals surface area (Å²) in [4.78, 5) is 57.5. The van der Waals surface area contributed by atoms with E-state index < -0.39 is 102 Å². The van der Waals surface area contributed by atoms with Crippen molar-refractivity contribution in [1.82, 2.24) is 0 Å². The molecule has 218 valence electrons. The quantitative estimate of drug-likeness (QED) is 0.216. The summed E-state index contributed by atoms with van der Waals surface area (Å²) in [6, 6.07) is 0. The second kappa shape index (κ2) is 8.65. The van der Waals surface area contributed by atoms with Crippen molar-refractivity contribution in [2.24, 2.45) is 34.5 Å². The summed E-state index contributed by atoms with van der Waals surface area (Å²) in [5, 5.41) is 34.5. The number of phosphoric acid groups is 1. The van der Waals surface area contributed by atoms with Gasteiger partial charge in [0, 0.05) is 22.7 Å². The molecule has 0 radical (unpaired) electrons. The summed E-state index contributed by atoms with van der Waals surface area (Å²) in [6.45, 7) is 7.34. The summed E-state index contributed by atoms with van der Waals surface area (Å²) in [6.07, 6.45) is -4.57. The molecule has 4 fully saturated rings. The van der Waals surface area contributed by atoms with Crippen molar-refractivity contribution in [1.29, 1.82) is 0 Å². The van der Waals surface area contributed by atoms with Crippen LogP contribution < -0.4 is 0 Å². The molecule has 5 rings (SSSR count). The second-order valence-corrected chi connectivity index (χ2v) is 13.8. The smallest absolute Gasteiger partial charge is 0.459 e. The van der Waals surface area contributed by atoms with Gasteiger partial charge >= 0.3 is 19.8 Å². The molecule has 0 amide bonds. The van der Waals surface area contributed by atoms with Gasteiger partial charge in [0.15, 0.2) is 11.6 Å². The van der Waals surface area contributed by atoms with E-state index in [4.69, 9.17) is 24.0 Å². The molecule has 2 saturated heterocycles. The first-order chi connectivity index (χ1) is 17.8. The Morgan fingerprint density at radius 2 is 1.90 bits per heavy atom. The number of aliphatic hydroxyl groups is 3. The van der Waals surface area contributed by atoms with Gasteiger partial charge in [-0.15, -0.1) is 0 Å². The molecule has 2 heterocycles. The van der Waals surface area contributed by atoms with Gasteiger partial charge in [-0.3, -0.25) is 14.1 Å². The van der Waals surface area contributed by atoms with Gasteiger partial charge in [-0.2, -0.15) is 0 Å². The first-order valence-corrected chi connectivity index (χ1v) is 14.4. The number of ketones is 1. The van der Waals surface area contributed by atoms with Gasteiger partial charge in [0.2, 0.25) is 6.10 Å². The average molecular weight is 575 g/mol. The van der Waals surface area contributed by atoms with Gasteiger partial charge in [0.1, 0.15) is 18.3 Å². The summed E-state index contributed by atoms with van der Waals surface area (Å²) in [5.41, 5.74) is -3.54. The minimum absolute atomic E-state index is 0.189. The van der Waals surface area contributed by atoms with E-state index in [1.54, 1.807) is 20.8 Å². The summed E-state index contributed by atoms with van der Waals surface area (Å²) in [5.74, 6) is -7.96. The third-order valence-electron chi connectivity index (χ3n) is 9.83. The molecule has 2 bridgehead atoms. The summed E-state index contributed by atoms with van der Waals surface area (Å²) < 4.78 is 33.3. The van der Waals surface area contributed by atoms with E-state index in [1.807, 2.05) is 0 Å². The van der Waals surface area contributed by atoms with Crippen molar-refractivity contribution in [3.63, 3.8) is 0 Å². The fraction of sp³-hybridized carbons (Fsp3) is 0.800. The Labute approximate surface area is 224 Å². The highest BCUT2D eigenvalue weighted by Gasteiger charge is 2.83. The van der Waals surface area contributed by atoms with Gasteiger partial charge in [-0.25, -0.2) is 9.36 Å². The first kappa shape index (κ1) is 28.8. The standard InChI is InChI=1S/C25H35O13P/c1-10-6-13(26)19(29)23(5)12(10)7-14-24-9-35-25(31,21(23)24)18(28)11(2)16(24)17(20(30)36-14)37-15(27)8-22(3,4)38-39(32,33)34/h6,11-12,14,16-19,21,28-29,31H,7-9H2,1-5H3,(H2,32,33,34)/t11-,12+,14-,16-,17-,18-,19-,21-,23-,24+,25-/m1/s1. The molecule has 0 aromatic heterocycles. The van der Waals surface area contributed by atoms with Gasteiger partial charge in [-0.05, 0) is 45.1 Å². The highest BCUT2D eigenvalue weighted by Crippen LogP contribution is 2.73. The van der Waals surface area contributed by atoms with Crippen LogP contribution in [0.2, 0.25) is 0 Å². The molecule has 0 unspecified atom stereocenters. The van der Waals surface area contributed by atoms with Crippen LogP contribution in [-0.2, 0) is 37.7 Å². The first-order valence-electron chi connectivity index (χ1n) is 12.9. The number of esters is 2. The van der Waals surface area contributed by atoms with Crippen molar-refractivity contribution in [2.75, 3.05) is 6.61 Å². The number of rotatable bonds is 5. The number of allylic oxidation sites excluding steroid dienone is 1. The molecule has 2 saturated carbocycles. The maximum absolute atomic E-state index is 13.4. The Balaban J connectivity index is 1.57. The van der Waals surface area contributed by atoms with Crippen LogP contribution >= 0.6 is 7.82 Å². The molecule has 0 aromatic rings. The third kappa shape index (κ3) is 3.93. The molecule has 2 aliphatic heterocycles. The molecule has 1 spiro atoms. The van der Waals surface area contributed by atoms with Crippen LogP contribution in [0.4, 0.5) is 0 Å². The highest BCUT2D eigenvalue weighted by molar-refractivity contribution is 7.46. The Morgan fingerprint density at radius 3 is 2.51 bits per heavy atom. The average Bonchev–Trinajstić information content (AvgIpc) is 3.07. The maximum atomic E-state index is 13.4. The molecule has 5 aliphatic rings. The molecule has 0 aromatic carbocycles. The van der Waals surface area contributed by atoms with Crippen LogP contribution in [0.5, 0.6) is 0 Å². The van der Waals surface area contributed by atoms with E-state index in [9.17, 15) is 34.3 Å². The molecule has 13 nitrogen and oxygen atoms in total. The summed E-state index contributed by atoms with van der Waals surface area (Å²) >= 11 is 0. The molecule has 39 heavy (non-hydrogen) atoms. The van der Waals surface area contributed by atoms with E-state index in [-0.39, 0.29) is 13.0 Å². The number of hydrogen-bond donors (Lipinski definition) is 5. The van der Waals surface area contributed by atoms with E-state index in [2.05, 4.69) is 4.52 Å². The van der Waals surface area contributed by atoms with E-state index in [0.717, 1.165) is 0 Å². The van der Waals surface area contributed by atoms with Crippen LogP contribution in [0.3, 0.4) is 0 Å². The monoisotopic (exact) mass is 574 g/mol. The predicted octanol–water partition coefficient (Wildman–Crippen LogP) is -0.0341. The van der Waals surface area contributed by atoms with E-state index >= 15 is 0 Å². The minimum Gasteiger partial charge on any atom is -0.459 e. The second-order valence-electron chi connectivity index (χ2n) is 12.6. The molecule has 11 atom stereocenters. The lowest BCUT2D eigenvalue weighted by atomic mass is 9.38. The van der Waals surface area contributed by atoms with Crippen molar-refractivity contribution in [2.45, 2.75) is 83.3 Å². The lowest BCUT2D eigenvalue weighted by Crippen LogP contribution is -2.78. The van der Waals surface area contributed by atoms with Gasteiger partial charge < -0.3 is 39.3 Å². The summed E-state index contributed by atoms with van der Waals surface area (Å²) in [7, 11) is -4.94. The Kier molecular flexibility index (Phi) is 6.39. The number of carbonyl (C=O) groups excluding carboxylic acids is 3. The normalized spacial score (nSPS) is 47.1.